The maximum absolute atomic E-state index is 12.4. The Morgan fingerprint density at radius 3 is 2.57 bits per heavy atom. The molecule has 2 rings (SSSR count). The van der Waals surface area contributed by atoms with Crippen molar-refractivity contribution in [2.45, 2.75) is 32.1 Å². The van der Waals surface area contributed by atoms with Gasteiger partial charge >= 0.3 is 5.97 Å². The molecule has 0 bridgehead atoms. The number of Topliss-reactive ketones (excluding diaryl/α,β-unsaturated/α-hetero) is 1. The summed E-state index contributed by atoms with van der Waals surface area (Å²) < 4.78 is 4.85. The van der Waals surface area contributed by atoms with Crippen molar-refractivity contribution >= 4 is 35.0 Å². The third-order valence-electron chi connectivity index (χ3n) is 4.30. The summed E-state index contributed by atoms with van der Waals surface area (Å²) >= 11 is 12.1. The van der Waals surface area contributed by atoms with Gasteiger partial charge in [-0.3, -0.25) is 9.59 Å². The van der Waals surface area contributed by atoms with Crippen LogP contribution in [0.1, 0.15) is 32.3 Å². The molecule has 0 aromatic heterocycles. The molecule has 3 nitrogen and oxygen atoms in total. The van der Waals surface area contributed by atoms with E-state index in [9.17, 15) is 9.59 Å². The van der Waals surface area contributed by atoms with Crippen molar-refractivity contribution in [2.24, 2.45) is 11.8 Å². The van der Waals surface area contributed by atoms with Crippen LogP contribution in [0.15, 0.2) is 18.2 Å². The number of methoxy groups -OCH3 is 1. The molecule has 1 aromatic rings. The van der Waals surface area contributed by atoms with Crippen molar-refractivity contribution in [2.75, 3.05) is 7.11 Å². The molecule has 1 aliphatic rings. The van der Waals surface area contributed by atoms with Crippen molar-refractivity contribution in [3.8, 4) is 0 Å². The summed E-state index contributed by atoms with van der Waals surface area (Å²) in [5.41, 5.74) is 0.211. The Labute approximate surface area is 134 Å². The first-order valence-corrected chi connectivity index (χ1v) is 7.61. The van der Waals surface area contributed by atoms with E-state index in [1.807, 2.05) is 19.9 Å². The second-order valence-electron chi connectivity index (χ2n) is 5.98. The van der Waals surface area contributed by atoms with Crippen molar-refractivity contribution in [1.82, 2.24) is 0 Å². The molecule has 0 saturated heterocycles. The van der Waals surface area contributed by atoms with Crippen LogP contribution in [-0.4, -0.2) is 18.9 Å². The minimum absolute atomic E-state index is 0.0748. The first-order chi connectivity index (χ1) is 9.79. The van der Waals surface area contributed by atoms with E-state index < -0.39 is 17.3 Å². The minimum atomic E-state index is -0.795. The van der Waals surface area contributed by atoms with Gasteiger partial charge in [0.15, 0.2) is 0 Å². The maximum Gasteiger partial charge on any atom is 0.317 e. The zero-order valence-electron chi connectivity index (χ0n) is 12.3. The van der Waals surface area contributed by atoms with Crippen LogP contribution in [-0.2, 0) is 19.7 Å². The van der Waals surface area contributed by atoms with E-state index in [-0.39, 0.29) is 11.7 Å². The number of hydrogen-bond donors (Lipinski definition) is 0. The lowest BCUT2D eigenvalue weighted by Crippen LogP contribution is -2.48. The van der Waals surface area contributed by atoms with Gasteiger partial charge in [-0.2, -0.15) is 0 Å². The number of ether oxygens (including phenoxy) is 1. The molecule has 3 atom stereocenters. The van der Waals surface area contributed by atoms with Gasteiger partial charge in [0.05, 0.1) is 17.2 Å². The Kier molecular flexibility index (Phi) is 4.64. The summed E-state index contributed by atoms with van der Waals surface area (Å²) in [7, 11) is 1.31. The van der Waals surface area contributed by atoms with Gasteiger partial charge in [0.2, 0.25) is 0 Å². The van der Waals surface area contributed by atoms with Crippen LogP contribution in [0.3, 0.4) is 0 Å². The molecule has 21 heavy (non-hydrogen) atoms. The third kappa shape index (κ3) is 2.95. The second-order valence-corrected chi connectivity index (χ2v) is 6.80. The van der Waals surface area contributed by atoms with E-state index in [2.05, 4.69) is 0 Å². The second kappa shape index (κ2) is 5.98. The fourth-order valence-corrected chi connectivity index (χ4v) is 3.67. The molecule has 5 heteroatoms. The monoisotopic (exact) mass is 328 g/mol. The zero-order valence-corrected chi connectivity index (χ0v) is 13.8. The van der Waals surface area contributed by atoms with E-state index in [1.165, 1.54) is 7.11 Å². The van der Waals surface area contributed by atoms with Crippen LogP contribution >= 0.6 is 23.2 Å². The molecule has 0 amide bonds. The van der Waals surface area contributed by atoms with Gasteiger partial charge in [-0.25, -0.2) is 0 Å². The molecular formula is C16H18Cl2O3. The SMILES string of the molecule is COC(=O)C1C(=O)CC(C)CC1(C)c1ccc(Cl)c(Cl)c1. The summed E-state index contributed by atoms with van der Waals surface area (Å²) in [6, 6.07) is 5.27. The molecule has 0 aliphatic heterocycles. The van der Waals surface area contributed by atoms with Crippen LogP contribution in [0.4, 0.5) is 0 Å². The molecule has 0 N–H and O–H groups in total. The quantitative estimate of drug-likeness (QED) is 0.607. The summed E-state index contributed by atoms with van der Waals surface area (Å²) in [6.45, 7) is 3.93. The summed E-state index contributed by atoms with van der Waals surface area (Å²) in [6.07, 6.45) is 1.12. The largest absolute Gasteiger partial charge is 0.468 e. The number of hydrogen-bond acceptors (Lipinski definition) is 3. The highest BCUT2D eigenvalue weighted by molar-refractivity contribution is 6.42. The van der Waals surface area contributed by atoms with E-state index in [1.54, 1.807) is 12.1 Å². The number of halogens is 2. The van der Waals surface area contributed by atoms with Gasteiger partial charge in [0.25, 0.3) is 0 Å². The van der Waals surface area contributed by atoms with Crippen LogP contribution in [0, 0.1) is 11.8 Å². The van der Waals surface area contributed by atoms with E-state index >= 15 is 0 Å². The summed E-state index contributed by atoms with van der Waals surface area (Å²) in [5, 5.41) is 0.874. The lowest BCUT2D eigenvalue weighted by Gasteiger charge is -2.42. The Balaban J connectivity index is 2.54. The van der Waals surface area contributed by atoms with Gasteiger partial charge in [-0.05, 0) is 30.0 Å². The van der Waals surface area contributed by atoms with Crippen LogP contribution < -0.4 is 0 Å². The van der Waals surface area contributed by atoms with Crippen LogP contribution in [0.5, 0.6) is 0 Å². The Bertz CT molecular complexity index is 585. The van der Waals surface area contributed by atoms with Crippen molar-refractivity contribution in [1.29, 1.82) is 0 Å². The highest BCUT2D eigenvalue weighted by Crippen LogP contribution is 2.45. The minimum Gasteiger partial charge on any atom is -0.468 e. The molecule has 1 aromatic carbocycles. The fourth-order valence-electron chi connectivity index (χ4n) is 3.38. The Hall–Kier alpha value is -1.06. The smallest absolute Gasteiger partial charge is 0.317 e. The normalized spacial score (nSPS) is 29.3. The van der Waals surface area contributed by atoms with Crippen molar-refractivity contribution in [3.05, 3.63) is 33.8 Å². The lowest BCUT2D eigenvalue weighted by atomic mass is 9.60. The van der Waals surface area contributed by atoms with E-state index in [0.717, 1.165) is 12.0 Å². The topological polar surface area (TPSA) is 43.4 Å². The molecule has 0 spiro atoms. The Morgan fingerprint density at radius 1 is 1.33 bits per heavy atom. The number of rotatable bonds is 2. The molecule has 1 aliphatic carbocycles. The van der Waals surface area contributed by atoms with Crippen molar-refractivity contribution < 1.29 is 14.3 Å². The number of esters is 1. The number of ketones is 1. The molecule has 3 unspecified atom stereocenters. The number of carbonyl (C=O) groups is 2. The lowest BCUT2D eigenvalue weighted by molar-refractivity contribution is -0.154. The van der Waals surface area contributed by atoms with E-state index in [0.29, 0.717) is 16.5 Å². The summed E-state index contributed by atoms with van der Waals surface area (Å²) in [4.78, 5) is 24.5. The standard InChI is InChI=1S/C16H18Cl2O3/c1-9-6-13(19)14(15(20)21-3)16(2,8-9)10-4-5-11(17)12(18)7-10/h4-5,7,9,14H,6,8H2,1-3H3. The fraction of sp³-hybridized carbons (Fsp3) is 0.500. The van der Waals surface area contributed by atoms with Gasteiger partial charge < -0.3 is 4.74 Å². The third-order valence-corrected chi connectivity index (χ3v) is 5.04. The zero-order chi connectivity index (χ0) is 15.8. The predicted octanol–water partition coefficient (Wildman–Crippen LogP) is 4.04. The van der Waals surface area contributed by atoms with Gasteiger partial charge in [-0.15, -0.1) is 0 Å². The first kappa shape index (κ1) is 16.3. The maximum atomic E-state index is 12.4. The summed E-state index contributed by atoms with van der Waals surface area (Å²) in [5.74, 6) is -1.15. The molecule has 114 valence electrons. The van der Waals surface area contributed by atoms with Crippen LogP contribution in [0.2, 0.25) is 10.0 Å². The molecule has 0 heterocycles. The molecule has 1 saturated carbocycles. The van der Waals surface area contributed by atoms with E-state index in [4.69, 9.17) is 27.9 Å². The first-order valence-electron chi connectivity index (χ1n) is 6.85. The Morgan fingerprint density at radius 2 is 2.00 bits per heavy atom. The van der Waals surface area contributed by atoms with Crippen LogP contribution in [0.25, 0.3) is 0 Å². The van der Waals surface area contributed by atoms with Gasteiger partial charge in [0.1, 0.15) is 11.7 Å². The molecule has 1 fully saturated rings. The number of benzene rings is 1. The highest BCUT2D eigenvalue weighted by Gasteiger charge is 2.50. The molecular weight excluding hydrogens is 311 g/mol. The van der Waals surface area contributed by atoms with Crippen molar-refractivity contribution in [3.63, 3.8) is 0 Å². The average Bonchev–Trinajstić information content (AvgIpc) is 2.40. The number of carbonyl (C=O) groups excluding carboxylic acids is 2. The predicted molar refractivity (Wildman–Crippen MR) is 82.7 cm³/mol. The molecule has 0 radical (unpaired) electrons. The average molecular weight is 329 g/mol. The highest BCUT2D eigenvalue weighted by atomic mass is 35.5. The van der Waals surface area contributed by atoms with Gasteiger partial charge in [-0.1, -0.05) is 43.1 Å². The van der Waals surface area contributed by atoms with Gasteiger partial charge in [0, 0.05) is 11.8 Å².